The Bertz CT molecular complexity index is 661. The summed E-state index contributed by atoms with van der Waals surface area (Å²) < 4.78 is 41.2. The maximum Gasteiger partial charge on any atom is 0.244 e. The van der Waals surface area contributed by atoms with Crippen LogP contribution in [0.2, 0.25) is 0 Å². The summed E-state index contributed by atoms with van der Waals surface area (Å²) in [6.07, 6.45) is 5.22. The number of benzene rings is 1. The van der Waals surface area contributed by atoms with Gasteiger partial charge in [0.25, 0.3) is 0 Å². The van der Waals surface area contributed by atoms with Gasteiger partial charge in [-0.05, 0) is 49.8 Å². The zero-order valence-corrected chi connectivity index (χ0v) is 15.3. The minimum atomic E-state index is -4.09. The molecule has 0 aromatic heterocycles. The second kappa shape index (κ2) is 8.82. The van der Waals surface area contributed by atoms with Gasteiger partial charge in [0.1, 0.15) is 16.8 Å². The molecule has 0 saturated carbocycles. The Morgan fingerprint density at radius 2 is 1.96 bits per heavy atom. The minimum Gasteiger partial charge on any atom is -0.341 e. The first kappa shape index (κ1) is 19.2. The van der Waals surface area contributed by atoms with E-state index in [0.717, 1.165) is 25.3 Å². The fourth-order valence-electron chi connectivity index (χ4n) is 2.72. The summed E-state index contributed by atoms with van der Waals surface area (Å²) in [6, 6.07) is 4.33. The number of rotatable bonds is 7. The van der Waals surface area contributed by atoms with Crippen LogP contribution in [0, 0.1) is 5.82 Å². The van der Waals surface area contributed by atoms with E-state index >= 15 is 0 Å². The highest BCUT2D eigenvalue weighted by Gasteiger charge is 2.30. The van der Waals surface area contributed by atoms with Crippen molar-refractivity contribution in [2.75, 3.05) is 25.1 Å². The van der Waals surface area contributed by atoms with Gasteiger partial charge in [-0.15, -0.1) is 0 Å². The standard InChI is InChI=1S/C16H23FN2O3S2/c1-23-12-9-14(16(20)19-10-5-2-6-11-19)18-24(21,22)15-8-4-3-7-13(15)17/h3-4,7-8,14,18H,2,5-6,9-12H2,1H3. The maximum atomic E-state index is 13.8. The summed E-state index contributed by atoms with van der Waals surface area (Å²) in [6.45, 7) is 1.30. The van der Waals surface area contributed by atoms with Crippen LogP contribution in [0.3, 0.4) is 0 Å². The highest BCUT2D eigenvalue weighted by Crippen LogP contribution is 2.17. The molecule has 1 atom stereocenters. The van der Waals surface area contributed by atoms with Crippen LogP contribution < -0.4 is 4.72 Å². The number of halogens is 1. The molecule has 1 fully saturated rings. The van der Waals surface area contributed by atoms with Crippen molar-refractivity contribution in [1.82, 2.24) is 9.62 Å². The van der Waals surface area contributed by atoms with Gasteiger partial charge in [0, 0.05) is 13.1 Å². The first-order chi connectivity index (χ1) is 11.5. The van der Waals surface area contributed by atoms with Gasteiger partial charge in [0.2, 0.25) is 15.9 Å². The van der Waals surface area contributed by atoms with Crippen LogP contribution in [0.1, 0.15) is 25.7 Å². The third-order valence-electron chi connectivity index (χ3n) is 4.00. The van der Waals surface area contributed by atoms with E-state index in [1.165, 1.54) is 30.0 Å². The molecular formula is C16H23FN2O3S2. The van der Waals surface area contributed by atoms with Crippen molar-refractivity contribution in [3.63, 3.8) is 0 Å². The summed E-state index contributed by atoms with van der Waals surface area (Å²) in [4.78, 5) is 14.0. The average Bonchev–Trinajstić information content (AvgIpc) is 2.59. The number of piperidine rings is 1. The number of carbonyl (C=O) groups excluding carboxylic acids is 1. The molecule has 1 heterocycles. The normalized spacial score (nSPS) is 16.8. The number of amides is 1. The van der Waals surface area contributed by atoms with Crippen molar-refractivity contribution < 1.29 is 17.6 Å². The second-order valence-electron chi connectivity index (χ2n) is 5.77. The Labute approximate surface area is 147 Å². The van der Waals surface area contributed by atoms with Crippen LogP contribution >= 0.6 is 11.8 Å². The molecule has 2 rings (SSSR count). The van der Waals surface area contributed by atoms with E-state index in [9.17, 15) is 17.6 Å². The molecule has 1 aliphatic rings. The van der Waals surface area contributed by atoms with E-state index in [4.69, 9.17) is 0 Å². The molecule has 0 bridgehead atoms. The monoisotopic (exact) mass is 374 g/mol. The highest BCUT2D eigenvalue weighted by atomic mass is 32.2. The maximum absolute atomic E-state index is 13.8. The summed E-state index contributed by atoms with van der Waals surface area (Å²) >= 11 is 1.54. The van der Waals surface area contributed by atoms with Crippen LogP contribution in [-0.4, -0.2) is 50.4 Å². The number of hydrogen-bond acceptors (Lipinski definition) is 4. The van der Waals surface area contributed by atoms with Crippen molar-refractivity contribution in [3.8, 4) is 0 Å². The van der Waals surface area contributed by atoms with Crippen molar-refractivity contribution in [3.05, 3.63) is 30.1 Å². The molecule has 1 saturated heterocycles. The second-order valence-corrected chi connectivity index (χ2v) is 8.44. The molecular weight excluding hydrogens is 351 g/mol. The van der Waals surface area contributed by atoms with E-state index in [1.807, 2.05) is 6.26 Å². The molecule has 1 amide bonds. The first-order valence-corrected chi connectivity index (χ1v) is 10.9. The van der Waals surface area contributed by atoms with Gasteiger partial charge in [-0.25, -0.2) is 12.8 Å². The lowest BCUT2D eigenvalue weighted by Crippen LogP contribution is -2.50. The molecule has 1 aromatic carbocycles. The third kappa shape index (κ3) is 4.94. The summed E-state index contributed by atoms with van der Waals surface area (Å²) in [5.41, 5.74) is 0. The van der Waals surface area contributed by atoms with Crippen LogP contribution in [0.15, 0.2) is 29.2 Å². The zero-order chi connectivity index (χ0) is 17.6. The van der Waals surface area contributed by atoms with Crippen LogP contribution in [-0.2, 0) is 14.8 Å². The molecule has 0 aliphatic carbocycles. The lowest BCUT2D eigenvalue weighted by Gasteiger charge is -2.30. The fourth-order valence-corrected chi connectivity index (χ4v) is 4.49. The van der Waals surface area contributed by atoms with Crippen molar-refractivity contribution in [1.29, 1.82) is 0 Å². The quantitative estimate of drug-likeness (QED) is 0.795. The molecule has 1 aromatic rings. The molecule has 8 heteroatoms. The van der Waals surface area contributed by atoms with Crippen molar-refractivity contribution in [2.45, 2.75) is 36.6 Å². The topological polar surface area (TPSA) is 66.5 Å². The predicted molar refractivity (Wildman–Crippen MR) is 93.9 cm³/mol. The SMILES string of the molecule is CSCCC(NS(=O)(=O)c1ccccc1F)C(=O)N1CCCCC1. The largest absolute Gasteiger partial charge is 0.341 e. The van der Waals surface area contributed by atoms with Gasteiger partial charge >= 0.3 is 0 Å². The summed E-state index contributed by atoms with van der Waals surface area (Å²) in [5, 5.41) is 0. The summed E-state index contributed by atoms with van der Waals surface area (Å²) in [7, 11) is -4.09. The molecule has 24 heavy (non-hydrogen) atoms. The number of nitrogens with one attached hydrogen (secondary N) is 1. The van der Waals surface area contributed by atoms with Gasteiger partial charge in [-0.3, -0.25) is 4.79 Å². The number of nitrogens with zero attached hydrogens (tertiary/aromatic N) is 1. The van der Waals surface area contributed by atoms with Crippen molar-refractivity contribution in [2.24, 2.45) is 0 Å². The molecule has 1 aliphatic heterocycles. The number of likely N-dealkylation sites (tertiary alicyclic amines) is 1. The lowest BCUT2D eigenvalue weighted by molar-refractivity contribution is -0.133. The van der Waals surface area contributed by atoms with Crippen molar-refractivity contribution >= 4 is 27.7 Å². The Hall–Kier alpha value is -1.12. The Balaban J connectivity index is 2.18. The molecule has 1 N–H and O–H groups in total. The number of carbonyl (C=O) groups is 1. The van der Waals surface area contributed by atoms with Crippen LogP contribution in [0.4, 0.5) is 4.39 Å². The van der Waals surface area contributed by atoms with Crippen LogP contribution in [0.5, 0.6) is 0 Å². The van der Waals surface area contributed by atoms with E-state index < -0.39 is 26.8 Å². The lowest BCUT2D eigenvalue weighted by atomic mass is 10.1. The Kier molecular flexibility index (Phi) is 7.06. The number of hydrogen-bond donors (Lipinski definition) is 1. The van der Waals surface area contributed by atoms with Gasteiger partial charge in [-0.1, -0.05) is 12.1 Å². The fraction of sp³-hybridized carbons (Fsp3) is 0.562. The van der Waals surface area contributed by atoms with Gasteiger partial charge in [0.15, 0.2) is 0 Å². The third-order valence-corrected chi connectivity index (χ3v) is 6.15. The van der Waals surface area contributed by atoms with E-state index in [1.54, 1.807) is 4.90 Å². The molecule has 1 unspecified atom stereocenters. The van der Waals surface area contributed by atoms with Gasteiger partial charge < -0.3 is 4.90 Å². The van der Waals surface area contributed by atoms with Gasteiger partial charge in [0.05, 0.1) is 0 Å². The van der Waals surface area contributed by atoms with Gasteiger partial charge in [-0.2, -0.15) is 16.5 Å². The number of sulfonamides is 1. The van der Waals surface area contributed by atoms with E-state index in [2.05, 4.69) is 4.72 Å². The highest BCUT2D eigenvalue weighted by molar-refractivity contribution is 7.98. The van der Waals surface area contributed by atoms with Crippen LogP contribution in [0.25, 0.3) is 0 Å². The minimum absolute atomic E-state index is 0.219. The first-order valence-electron chi connectivity index (χ1n) is 8.00. The molecule has 0 radical (unpaired) electrons. The summed E-state index contributed by atoms with van der Waals surface area (Å²) in [5.74, 6) is -0.396. The molecule has 134 valence electrons. The van der Waals surface area contributed by atoms with E-state index in [-0.39, 0.29) is 5.91 Å². The average molecular weight is 375 g/mol. The zero-order valence-electron chi connectivity index (χ0n) is 13.7. The smallest absolute Gasteiger partial charge is 0.244 e. The molecule has 0 spiro atoms. The molecule has 5 nitrogen and oxygen atoms in total. The van der Waals surface area contributed by atoms with E-state index in [0.29, 0.717) is 25.3 Å². The number of thioether (sulfide) groups is 1. The predicted octanol–water partition coefficient (Wildman–Crippen LogP) is 2.24. The Morgan fingerprint density at radius 3 is 2.58 bits per heavy atom. The Morgan fingerprint density at radius 1 is 1.29 bits per heavy atom.